The number of ether oxygens (including phenoxy) is 1. The van der Waals surface area contributed by atoms with Crippen LogP contribution >= 0.6 is 12.2 Å². The smallest absolute Gasteiger partial charge is 0.258 e. The molecule has 0 aliphatic carbocycles. The maximum absolute atomic E-state index is 5.86. The van der Waals surface area contributed by atoms with Gasteiger partial charge in [0.15, 0.2) is 5.11 Å². The highest BCUT2D eigenvalue weighted by atomic mass is 32.1. The topological polar surface area (TPSA) is 63.4 Å². The van der Waals surface area contributed by atoms with Crippen LogP contribution < -0.4 is 10.1 Å². The quantitative estimate of drug-likeness (QED) is 0.318. The number of thiocarbonyl (C=S) groups is 1. The van der Waals surface area contributed by atoms with Crippen molar-refractivity contribution in [2.45, 2.75) is 33.4 Å². The van der Waals surface area contributed by atoms with E-state index in [1.807, 2.05) is 49.4 Å². The van der Waals surface area contributed by atoms with E-state index in [-0.39, 0.29) is 6.04 Å². The lowest BCUT2D eigenvalue weighted by Crippen LogP contribution is -2.45. The van der Waals surface area contributed by atoms with Crippen LogP contribution in [0.2, 0.25) is 0 Å². The molecule has 0 saturated carbocycles. The molecular weight excluding hydrogens is 468 g/mol. The molecule has 4 aromatic rings. The van der Waals surface area contributed by atoms with E-state index in [9.17, 15) is 0 Å². The van der Waals surface area contributed by atoms with Crippen molar-refractivity contribution in [2.75, 3.05) is 7.11 Å². The van der Waals surface area contributed by atoms with Crippen molar-refractivity contribution >= 4 is 22.9 Å². The number of methoxy groups -OCH3 is 1. The van der Waals surface area contributed by atoms with E-state index >= 15 is 0 Å². The molecule has 3 aromatic carbocycles. The number of aryl methyl sites for hydroxylation is 2. The lowest BCUT2D eigenvalue weighted by atomic mass is 9.94. The Hall–Kier alpha value is -3.97. The van der Waals surface area contributed by atoms with Crippen LogP contribution in [0.4, 0.5) is 0 Å². The predicted molar refractivity (Wildman–Crippen MR) is 145 cm³/mol. The van der Waals surface area contributed by atoms with Crippen LogP contribution in [0.5, 0.6) is 5.75 Å². The third-order valence-corrected chi connectivity index (χ3v) is 6.78. The molecule has 7 heteroatoms. The summed E-state index contributed by atoms with van der Waals surface area (Å²) in [4.78, 5) is 6.89. The van der Waals surface area contributed by atoms with Gasteiger partial charge in [0.1, 0.15) is 5.75 Å². The first-order valence-corrected chi connectivity index (χ1v) is 12.2. The van der Waals surface area contributed by atoms with Crippen LogP contribution in [0.15, 0.2) is 83.0 Å². The molecule has 2 heterocycles. The van der Waals surface area contributed by atoms with E-state index in [1.165, 1.54) is 5.56 Å². The first-order valence-electron chi connectivity index (χ1n) is 11.8. The first kappa shape index (κ1) is 23.8. The van der Waals surface area contributed by atoms with Gasteiger partial charge < -0.3 is 19.5 Å². The van der Waals surface area contributed by atoms with Gasteiger partial charge >= 0.3 is 0 Å². The van der Waals surface area contributed by atoms with Gasteiger partial charge in [-0.3, -0.25) is 0 Å². The molecule has 0 spiro atoms. The largest absolute Gasteiger partial charge is 0.497 e. The Balaban J connectivity index is 1.57. The molecule has 1 N–H and O–H groups in total. The average Bonchev–Trinajstić information content (AvgIpc) is 3.37. The Morgan fingerprint density at radius 3 is 2.42 bits per heavy atom. The van der Waals surface area contributed by atoms with Crippen molar-refractivity contribution in [3.8, 4) is 17.1 Å². The second-order valence-electron chi connectivity index (χ2n) is 9.02. The van der Waals surface area contributed by atoms with Gasteiger partial charge in [0.25, 0.3) is 5.89 Å². The minimum atomic E-state index is -0.212. The zero-order valence-corrected chi connectivity index (χ0v) is 21.6. The second kappa shape index (κ2) is 9.95. The normalized spacial score (nSPS) is 15.7. The van der Waals surface area contributed by atoms with Crippen LogP contribution in [0.1, 0.15) is 41.1 Å². The number of nitrogens with one attached hydrogen (secondary N) is 1. The fourth-order valence-corrected chi connectivity index (χ4v) is 4.72. The van der Waals surface area contributed by atoms with Crippen molar-refractivity contribution in [3.05, 3.63) is 107 Å². The molecular formula is C29H28N4O2S. The highest BCUT2D eigenvalue weighted by molar-refractivity contribution is 7.80. The Labute approximate surface area is 216 Å². The highest BCUT2D eigenvalue weighted by Crippen LogP contribution is 2.38. The Morgan fingerprint density at radius 2 is 1.72 bits per heavy atom. The molecule has 1 aliphatic rings. The van der Waals surface area contributed by atoms with Gasteiger partial charge in [0.2, 0.25) is 5.82 Å². The van der Waals surface area contributed by atoms with Gasteiger partial charge in [0, 0.05) is 17.8 Å². The summed E-state index contributed by atoms with van der Waals surface area (Å²) in [6.45, 7) is 6.79. The van der Waals surface area contributed by atoms with E-state index in [2.05, 4.69) is 59.6 Å². The number of hydrogen-bond acceptors (Lipinski definition) is 5. The van der Waals surface area contributed by atoms with Gasteiger partial charge in [-0.15, -0.1) is 0 Å². The number of hydrogen-bond donors (Lipinski definition) is 1. The van der Waals surface area contributed by atoms with Crippen molar-refractivity contribution in [1.82, 2.24) is 20.4 Å². The van der Waals surface area contributed by atoms with Crippen LogP contribution in [0, 0.1) is 13.8 Å². The third kappa shape index (κ3) is 4.75. The molecule has 0 bridgehead atoms. The van der Waals surface area contributed by atoms with Crippen LogP contribution in [-0.2, 0) is 6.54 Å². The minimum absolute atomic E-state index is 0.212. The Morgan fingerprint density at radius 1 is 0.972 bits per heavy atom. The first-order chi connectivity index (χ1) is 17.4. The summed E-state index contributed by atoms with van der Waals surface area (Å²) < 4.78 is 11.2. The van der Waals surface area contributed by atoms with Gasteiger partial charge in [0.05, 0.1) is 18.7 Å². The van der Waals surface area contributed by atoms with E-state index in [0.717, 1.165) is 39.3 Å². The SMILES string of the molecule is COc1ccc(CN2C(=S)NC(c3ccc(C)cc3)C(c3nc(-c4cccc(C)c4)no3)=C2C)cc1. The summed E-state index contributed by atoms with van der Waals surface area (Å²) >= 11 is 5.84. The van der Waals surface area contributed by atoms with E-state index in [1.54, 1.807) is 7.11 Å². The van der Waals surface area contributed by atoms with Gasteiger partial charge in [-0.1, -0.05) is 70.9 Å². The average molecular weight is 497 g/mol. The summed E-state index contributed by atoms with van der Waals surface area (Å²) in [5, 5.41) is 8.49. The lowest BCUT2D eigenvalue weighted by molar-refractivity contribution is 0.396. The van der Waals surface area contributed by atoms with Gasteiger partial charge in [-0.25, -0.2) is 0 Å². The van der Waals surface area contributed by atoms with Crippen molar-refractivity contribution in [1.29, 1.82) is 0 Å². The number of benzene rings is 3. The van der Waals surface area contributed by atoms with Crippen molar-refractivity contribution in [3.63, 3.8) is 0 Å². The van der Waals surface area contributed by atoms with Crippen LogP contribution in [0.3, 0.4) is 0 Å². The summed E-state index contributed by atoms with van der Waals surface area (Å²) in [5.74, 6) is 1.86. The molecule has 182 valence electrons. The molecule has 0 saturated heterocycles. The Kier molecular flexibility index (Phi) is 6.57. The molecule has 0 fully saturated rings. The fourth-order valence-electron chi connectivity index (χ4n) is 4.41. The van der Waals surface area contributed by atoms with Crippen LogP contribution in [-0.4, -0.2) is 27.3 Å². The number of allylic oxidation sites excluding steroid dienone is 1. The summed E-state index contributed by atoms with van der Waals surface area (Å²) in [6.07, 6.45) is 0. The summed E-state index contributed by atoms with van der Waals surface area (Å²) in [5.41, 5.74) is 7.33. The number of nitrogens with zero attached hydrogens (tertiary/aromatic N) is 3. The zero-order valence-electron chi connectivity index (χ0n) is 20.8. The summed E-state index contributed by atoms with van der Waals surface area (Å²) in [7, 11) is 1.67. The monoisotopic (exact) mass is 496 g/mol. The molecule has 1 aliphatic heterocycles. The molecule has 1 unspecified atom stereocenters. The molecule has 0 amide bonds. The van der Waals surface area contributed by atoms with Crippen molar-refractivity contribution in [2.24, 2.45) is 0 Å². The van der Waals surface area contributed by atoms with Gasteiger partial charge in [-0.05, 0) is 62.3 Å². The molecule has 1 aromatic heterocycles. The molecule has 36 heavy (non-hydrogen) atoms. The molecule has 1 atom stereocenters. The molecule has 5 rings (SSSR count). The van der Waals surface area contributed by atoms with E-state index < -0.39 is 0 Å². The maximum Gasteiger partial charge on any atom is 0.258 e. The molecule has 6 nitrogen and oxygen atoms in total. The van der Waals surface area contributed by atoms with E-state index in [0.29, 0.717) is 23.4 Å². The van der Waals surface area contributed by atoms with Crippen LogP contribution in [0.25, 0.3) is 17.0 Å². The highest BCUT2D eigenvalue weighted by Gasteiger charge is 2.34. The molecule has 0 radical (unpaired) electrons. The third-order valence-electron chi connectivity index (χ3n) is 6.44. The summed E-state index contributed by atoms with van der Waals surface area (Å²) in [6, 6.07) is 24.3. The van der Waals surface area contributed by atoms with Crippen molar-refractivity contribution < 1.29 is 9.26 Å². The zero-order chi connectivity index (χ0) is 25.2. The second-order valence-corrected chi connectivity index (χ2v) is 9.41. The standard InChI is InChI=1S/C29H28N4O2S/c1-18-8-12-22(13-9-18)26-25(28-31-27(32-35-28)23-7-5-6-19(2)16-23)20(3)33(29(36)30-26)17-21-10-14-24(34-4)15-11-21/h5-16,26H,17H2,1-4H3,(H,30,36). The minimum Gasteiger partial charge on any atom is -0.497 e. The van der Waals surface area contributed by atoms with Gasteiger partial charge in [-0.2, -0.15) is 4.98 Å². The maximum atomic E-state index is 5.86. The van der Waals surface area contributed by atoms with E-state index in [4.69, 9.17) is 26.5 Å². The predicted octanol–water partition coefficient (Wildman–Crippen LogP) is 6.22. The number of rotatable bonds is 6. The lowest BCUT2D eigenvalue weighted by Gasteiger charge is -2.37. The Bertz CT molecular complexity index is 1420. The fraction of sp³-hybridized carbons (Fsp3) is 0.207. The number of aromatic nitrogens is 2.